The van der Waals surface area contributed by atoms with E-state index in [0.717, 1.165) is 29.3 Å². The fourth-order valence-electron chi connectivity index (χ4n) is 2.69. The Morgan fingerprint density at radius 3 is 3.00 bits per heavy atom. The zero-order chi connectivity index (χ0) is 14.1. The number of rotatable bonds is 3. The second kappa shape index (κ2) is 5.00. The molecule has 20 heavy (non-hydrogen) atoms. The summed E-state index contributed by atoms with van der Waals surface area (Å²) >= 11 is 0. The molecule has 0 spiro atoms. The molecule has 2 heterocycles. The lowest BCUT2D eigenvalue weighted by Gasteiger charge is -2.22. The molecule has 0 saturated carbocycles. The number of imidazole rings is 1. The van der Waals surface area contributed by atoms with Crippen LogP contribution < -0.4 is 4.74 Å². The average Bonchev–Trinajstić information content (AvgIpc) is 2.89. The minimum Gasteiger partial charge on any atom is -0.496 e. The highest BCUT2D eigenvalue weighted by atomic mass is 16.5. The molecular weight excluding hydrogens is 256 g/mol. The summed E-state index contributed by atoms with van der Waals surface area (Å²) < 4.78 is 7.36. The number of aromatic nitrogens is 2. The van der Waals surface area contributed by atoms with Gasteiger partial charge in [-0.05, 0) is 25.0 Å². The van der Waals surface area contributed by atoms with Gasteiger partial charge >= 0.3 is 5.97 Å². The van der Waals surface area contributed by atoms with Crippen molar-refractivity contribution in [1.29, 1.82) is 0 Å². The fourth-order valence-corrected chi connectivity index (χ4v) is 2.69. The van der Waals surface area contributed by atoms with Crippen LogP contribution in [0.25, 0.3) is 11.4 Å². The van der Waals surface area contributed by atoms with Gasteiger partial charge in [-0.15, -0.1) is 0 Å². The maximum Gasteiger partial charge on any atom is 0.308 e. The van der Waals surface area contributed by atoms with E-state index < -0.39 is 5.97 Å². The van der Waals surface area contributed by atoms with Crippen molar-refractivity contribution in [3.8, 4) is 17.1 Å². The van der Waals surface area contributed by atoms with Crippen LogP contribution in [0, 0.1) is 5.92 Å². The number of methoxy groups -OCH3 is 1. The van der Waals surface area contributed by atoms with Crippen LogP contribution in [-0.4, -0.2) is 27.7 Å². The van der Waals surface area contributed by atoms with Crippen molar-refractivity contribution >= 4 is 5.97 Å². The van der Waals surface area contributed by atoms with Gasteiger partial charge in [0.05, 0.1) is 18.6 Å². The van der Waals surface area contributed by atoms with Crippen molar-refractivity contribution in [1.82, 2.24) is 9.55 Å². The molecule has 0 bridgehead atoms. The maximum absolute atomic E-state index is 11.2. The summed E-state index contributed by atoms with van der Waals surface area (Å²) in [6.45, 7) is 0.470. The van der Waals surface area contributed by atoms with Crippen LogP contribution in [0.5, 0.6) is 5.75 Å². The molecule has 1 aliphatic heterocycles. The predicted molar refractivity (Wildman–Crippen MR) is 73.7 cm³/mol. The first-order valence-corrected chi connectivity index (χ1v) is 6.61. The third kappa shape index (κ3) is 2.05. The van der Waals surface area contributed by atoms with E-state index in [0.29, 0.717) is 13.0 Å². The molecule has 3 rings (SSSR count). The van der Waals surface area contributed by atoms with Crippen molar-refractivity contribution in [3.05, 3.63) is 36.2 Å². The molecule has 1 unspecified atom stereocenters. The van der Waals surface area contributed by atoms with Crippen LogP contribution >= 0.6 is 0 Å². The number of carbonyl (C=O) groups is 1. The topological polar surface area (TPSA) is 64.4 Å². The molecule has 2 aromatic rings. The molecule has 1 aromatic heterocycles. The van der Waals surface area contributed by atoms with E-state index in [1.54, 1.807) is 7.11 Å². The second-order valence-corrected chi connectivity index (χ2v) is 4.96. The van der Waals surface area contributed by atoms with Crippen LogP contribution in [0.15, 0.2) is 30.5 Å². The van der Waals surface area contributed by atoms with E-state index in [9.17, 15) is 9.90 Å². The molecule has 1 N–H and O–H groups in total. The molecule has 1 aromatic carbocycles. The zero-order valence-corrected chi connectivity index (χ0v) is 11.2. The largest absolute Gasteiger partial charge is 0.496 e. The van der Waals surface area contributed by atoms with Crippen molar-refractivity contribution < 1.29 is 14.6 Å². The van der Waals surface area contributed by atoms with Gasteiger partial charge in [0.25, 0.3) is 0 Å². The van der Waals surface area contributed by atoms with Crippen LogP contribution in [-0.2, 0) is 17.8 Å². The number of ether oxygens (including phenoxy) is 1. The molecule has 0 amide bonds. The van der Waals surface area contributed by atoms with E-state index in [1.165, 1.54) is 0 Å². The Labute approximate surface area is 116 Å². The molecule has 1 aliphatic rings. The maximum atomic E-state index is 11.2. The van der Waals surface area contributed by atoms with E-state index in [-0.39, 0.29) is 5.92 Å². The molecule has 0 saturated heterocycles. The minimum atomic E-state index is -0.740. The number of carboxylic acids is 1. The molecule has 0 fully saturated rings. The van der Waals surface area contributed by atoms with Gasteiger partial charge in [0, 0.05) is 18.4 Å². The van der Waals surface area contributed by atoms with E-state index in [2.05, 4.69) is 4.98 Å². The first kappa shape index (κ1) is 12.7. The summed E-state index contributed by atoms with van der Waals surface area (Å²) in [7, 11) is 1.62. The molecule has 1 atom stereocenters. The van der Waals surface area contributed by atoms with E-state index in [1.807, 2.05) is 35.0 Å². The lowest BCUT2D eigenvalue weighted by Crippen LogP contribution is -2.26. The standard InChI is InChI=1S/C15H16N2O3/c1-20-13-5-3-2-4-12(13)14-16-8-11-7-6-10(15(18)19)9-17(11)14/h2-5,8,10H,6-7,9H2,1H3,(H,18,19). The van der Waals surface area contributed by atoms with Gasteiger partial charge in [-0.3, -0.25) is 4.79 Å². The van der Waals surface area contributed by atoms with Gasteiger partial charge in [0.15, 0.2) is 0 Å². The van der Waals surface area contributed by atoms with Gasteiger partial charge in [-0.25, -0.2) is 4.98 Å². The van der Waals surface area contributed by atoms with E-state index >= 15 is 0 Å². The zero-order valence-electron chi connectivity index (χ0n) is 11.2. The van der Waals surface area contributed by atoms with Crippen LogP contribution in [0.4, 0.5) is 0 Å². The number of aryl methyl sites for hydroxylation is 1. The quantitative estimate of drug-likeness (QED) is 0.930. The Hall–Kier alpha value is -2.30. The smallest absolute Gasteiger partial charge is 0.308 e. The Balaban J connectivity index is 2.05. The van der Waals surface area contributed by atoms with Crippen LogP contribution in [0.2, 0.25) is 0 Å². The number of nitrogens with zero attached hydrogens (tertiary/aromatic N) is 2. The second-order valence-electron chi connectivity index (χ2n) is 4.96. The summed E-state index contributed by atoms with van der Waals surface area (Å²) in [4.78, 5) is 15.7. The molecular formula is C15H16N2O3. The Morgan fingerprint density at radius 2 is 2.25 bits per heavy atom. The summed E-state index contributed by atoms with van der Waals surface area (Å²) in [5.74, 6) is 0.447. The molecule has 5 nitrogen and oxygen atoms in total. The first-order chi connectivity index (χ1) is 9.70. The number of hydrogen-bond acceptors (Lipinski definition) is 3. The number of aliphatic carboxylic acids is 1. The van der Waals surface area contributed by atoms with Crippen LogP contribution in [0.3, 0.4) is 0 Å². The molecule has 104 valence electrons. The number of hydrogen-bond donors (Lipinski definition) is 1. The highest BCUT2D eigenvalue weighted by Crippen LogP contribution is 2.32. The van der Waals surface area contributed by atoms with Crippen molar-refractivity contribution in [3.63, 3.8) is 0 Å². The average molecular weight is 272 g/mol. The lowest BCUT2D eigenvalue weighted by molar-refractivity contribution is -0.142. The Morgan fingerprint density at radius 1 is 1.45 bits per heavy atom. The predicted octanol–water partition coefficient (Wildman–Crippen LogP) is 2.21. The lowest BCUT2D eigenvalue weighted by atomic mass is 9.98. The number of para-hydroxylation sites is 1. The van der Waals surface area contributed by atoms with Gasteiger partial charge in [0.2, 0.25) is 0 Å². The van der Waals surface area contributed by atoms with Crippen molar-refractivity contribution in [2.24, 2.45) is 5.92 Å². The third-order valence-corrected chi connectivity index (χ3v) is 3.79. The highest BCUT2D eigenvalue weighted by molar-refractivity contribution is 5.71. The minimum absolute atomic E-state index is 0.342. The van der Waals surface area contributed by atoms with Gasteiger partial charge < -0.3 is 14.4 Å². The number of benzene rings is 1. The molecule has 0 aliphatic carbocycles. The van der Waals surface area contributed by atoms with Crippen molar-refractivity contribution in [2.45, 2.75) is 19.4 Å². The monoisotopic (exact) mass is 272 g/mol. The van der Waals surface area contributed by atoms with Crippen LogP contribution in [0.1, 0.15) is 12.1 Å². The molecule has 0 radical (unpaired) electrons. The summed E-state index contributed by atoms with van der Waals surface area (Å²) in [6, 6.07) is 7.66. The SMILES string of the molecule is COc1ccccc1-c1ncc2n1CC(C(=O)O)CC2. The van der Waals surface area contributed by atoms with E-state index in [4.69, 9.17) is 4.74 Å². The van der Waals surface area contributed by atoms with Gasteiger partial charge in [-0.2, -0.15) is 0 Å². The molecule has 5 heteroatoms. The summed E-state index contributed by atoms with van der Waals surface area (Å²) in [6.07, 6.45) is 3.26. The number of carboxylic acid groups (broad SMARTS) is 1. The summed E-state index contributed by atoms with van der Waals surface area (Å²) in [5, 5.41) is 9.21. The van der Waals surface area contributed by atoms with Gasteiger partial charge in [0.1, 0.15) is 11.6 Å². The van der Waals surface area contributed by atoms with Gasteiger partial charge in [-0.1, -0.05) is 12.1 Å². The third-order valence-electron chi connectivity index (χ3n) is 3.79. The number of fused-ring (bicyclic) bond motifs is 1. The first-order valence-electron chi connectivity index (χ1n) is 6.61. The highest BCUT2D eigenvalue weighted by Gasteiger charge is 2.27. The Bertz CT molecular complexity index is 648. The fraction of sp³-hybridized carbons (Fsp3) is 0.333. The summed E-state index contributed by atoms with van der Waals surface area (Å²) in [5.41, 5.74) is 1.98. The Kier molecular flexibility index (Phi) is 3.18. The van der Waals surface area contributed by atoms with Crippen molar-refractivity contribution in [2.75, 3.05) is 7.11 Å². The normalized spacial score (nSPS) is 17.6.